The SMILES string of the molecule is CC(C)Oc1ccnc(NCC2(O)CCOCC2)n1. The zero-order chi connectivity index (χ0) is 13.7. The number of aliphatic hydroxyl groups is 1. The Kier molecular flexibility index (Phi) is 4.55. The van der Waals surface area contributed by atoms with Gasteiger partial charge in [0.2, 0.25) is 11.8 Å². The Labute approximate surface area is 113 Å². The summed E-state index contributed by atoms with van der Waals surface area (Å²) in [5, 5.41) is 13.4. The van der Waals surface area contributed by atoms with Crippen LogP contribution in [-0.4, -0.2) is 46.5 Å². The summed E-state index contributed by atoms with van der Waals surface area (Å²) in [6.45, 7) is 5.49. The third kappa shape index (κ3) is 4.33. The van der Waals surface area contributed by atoms with Crippen LogP contribution in [0.25, 0.3) is 0 Å². The second-order valence-electron chi connectivity index (χ2n) is 5.08. The summed E-state index contributed by atoms with van der Waals surface area (Å²) in [7, 11) is 0. The van der Waals surface area contributed by atoms with Gasteiger partial charge < -0.3 is 19.9 Å². The standard InChI is InChI=1S/C13H21N3O3/c1-10(2)19-11-3-6-14-12(16-11)15-9-13(17)4-7-18-8-5-13/h3,6,10,17H,4-5,7-9H2,1-2H3,(H,14,15,16). The molecule has 6 heteroatoms. The molecule has 1 aliphatic heterocycles. The van der Waals surface area contributed by atoms with Crippen molar-refractivity contribution in [1.29, 1.82) is 0 Å². The minimum Gasteiger partial charge on any atom is -0.475 e. The molecule has 0 saturated carbocycles. The van der Waals surface area contributed by atoms with E-state index in [1.54, 1.807) is 12.3 Å². The zero-order valence-electron chi connectivity index (χ0n) is 11.4. The molecular weight excluding hydrogens is 246 g/mol. The van der Waals surface area contributed by atoms with E-state index in [9.17, 15) is 5.11 Å². The number of rotatable bonds is 5. The molecule has 19 heavy (non-hydrogen) atoms. The van der Waals surface area contributed by atoms with Crippen LogP contribution < -0.4 is 10.1 Å². The summed E-state index contributed by atoms with van der Waals surface area (Å²) in [6.07, 6.45) is 2.97. The molecule has 0 radical (unpaired) electrons. The van der Waals surface area contributed by atoms with Gasteiger partial charge in [-0.25, -0.2) is 4.98 Å². The molecule has 1 saturated heterocycles. The van der Waals surface area contributed by atoms with Crippen molar-refractivity contribution in [2.75, 3.05) is 25.1 Å². The Bertz CT molecular complexity index is 406. The van der Waals surface area contributed by atoms with Gasteiger partial charge in [-0.05, 0) is 13.8 Å². The third-order valence-corrected chi connectivity index (χ3v) is 2.99. The van der Waals surface area contributed by atoms with Crippen LogP contribution in [0.15, 0.2) is 12.3 Å². The summed E-state index contributed by atoms with van der Waals surface area (Å²) in [5.74, 6) is 1.00. The topological polar surface area (TPSA) is 76.5 Å². The Hall–Kier alpha value is -1.40. The van der Waals surface area contributed by atoms with E-state index in [0.29, 0.717) is 44.4 Å². The first kappa shape index (κ1) is 14.0. The maximum atomic E-state index is 10.3. The molecule has 0 atom stereocenters. The number of nitrogens with one attached hydrogen (secondary N) is 1. The third-order valence-electron chi connectivity index (χ3n) is 2.99. The minimum atomic E-state index is -0.740. The largest absolute Gasteiger partial charge is 0.475 e. The quantitative estimate of drug-likeness (QED) is 0.835. The van der Waals surface area contributed by atoms with Crippen molar-refractivity contribution in [3.05, 3.63) is 12.3 Å². The monoisotopic (exact) mass is 267 g/mol. The highest BCUT2D eigenvalue weighted by Crippen LogP contribution is 2.20. The summed E-state index contributed by atoms with van der Waals surface area (Å²) < 4.78 is 10.7. The molecule has 0 spiro atoms. The van der Waals surface area contributed by atoms with Crippen LogP contribution in [0.2, 0.25) is 0 Å². The van der Waals surface area contributed by atoms with Crippen molar-refractivity contribution in [3.8, 4) is 5.88 Å². The first-order chi connectivity index (χ1) is 9.07. The normalized spacial score (nSPS) is 18.3. The Morgan fingerprint density at radius 2 is 2.21 bits per heavy atom. The molecule has 0 unspecified atom stereocenters. The number of hydrogen-bond donors (Lipinski definition) is 2. The Morgan fingerprint density at radius 1 is 1.47 bits per heavy atom. The summed E-state index contributed by atoms with van der Waals surface area (Å²) in [5.41, 5.74) is -0.740. The minimum absolute atomic E-state index is 0.0717. The fraction of sp³-hybridized carbons (Fsp3) is 0.692. The van der Waals surface area contributed by atoms with Crippen LogP contribution in [0, 0.1) is 0 Å². The maximum absolute atomic E-state index is 10.3. The molecule has 0 aromatic carbocycles. The lowest BCUT2D eigenvalue weighted by Gasteiger charge is -2.32. The van der Waals surface area contributed by atoms with Gasteiger partial charge in [0.05, 0.1) is 11.7 Å². The molecule has 0 amide bonds. The first-order valence-corrected chi connectivity index (χ1v) is 6.61. The van der Waals surface area contributed by atoms with Crippen molar-refractivity contribution in [1.82, 2.24) is 9.97 Å². The fourth-order valence-corrected chi connectivity index (χ4v) is 1.91. The molecule has 1 fully saturated rings. The van der Waals surface area contributed by atoms with Crippen molar-refractivity contribution in [2.24, 2.45) is 0 Å². The molecule has 2 heterocycles. The van der Waals surface area contributed by atoms with E-state index in [1.807, 2.05) is 13.8 Å². The Morgan fingerprint density at radius 3 is 2.89 bits per heavy atom. The average molecular weight is 267 g/mol. The van der Waals surface area contributed by atoms with Gasteiger partial charge in [0.25, 0.3) is 0 Å². The van der Waals surface area contributed by atoms with E-state index < -0.39 is 5.60 Å². The highest BCUT2D eigenvalue weighted by Gasteiger charge is 2.29. The molecule has 1 aliphatic rings. The fourth-order valence-electron chi connectivity index (χ4n) is 1.91. The van der Waals surface area contributed by atoms with Gasteiger partial charge in [0.15, 0.2) is 0 Å². The number of hydrogen-bond acceptors (Lipinski definition) is 6. The van der Waals surface area contributed by atoms with E-state index in [4.69, 9.17) is 9.47 Å². The van der Waals surface area contributed by atoms with Crippen LogP contribution in [0.5, 0.6) is 5.88 Å². The second kappa shape index (κ2) is 6.16. The predicted molar refractivity (Wildman–Crippen MR) is 71.3 cm³/mol. The van der Waals surface area contributed by atoms with E-state index in [2.05, 4.69) is 15.3 Å². The summed E-state index contributed by atoms with van der Waals surface area (Å²) in [4.78, 5) is 8.36. The maximum Gasteiger partial charge on any atom is 0.226 e. The molecule has 106 valence electrons. The zero-order valence-corrected chi connectivity index (χ0v) is 11.4. The van der Waals surface area contributed by atoms with Gasteiger partial charge in [-0.2, -0.15) is 4.98 Å². The van der Waals surface area contributed by atoms with Gasteiger partial charge in [0, 0.05) is 44.9 Å². The molecule has 1 aromatic heterocycles. The van der Waals surface area contributed by atoms with E-state index >= 15 is 0 Å². The number of anilines is 1. The highest BCUT2D eigenvalue weighted by molar-refractivity contribution is 5.28. The molecule has 0 aliphatic carbocycles. The van der Waals surface area contributed by atoms with Crippen LogP contribution in [-0.2, 0) is 4.74 Å². The Balaban J connectivity index is 1.91. The average Bonchev–Trinajstić information content (AvgIpc) is 2.37. The van der Waals surface area contributed by atoms with Gasteiger partial charge in [-0.15, -0.1) is 0 Å². The number of nitrogens with zero attached hydrogens (tertiary/aromatic N) is 2. The molecule has 6 nitrogen and oxygen atoms in total. The van der Waals surface area contributed by atoms with Crippen molar-refractivity contribution in [3.63, 3.8) is 0 Å². The van der Waals surface area contributed by atoms with Crippen molar-refractivity contribution >= 4 is 5.95 Å². The van der Waals surface area contributed by atoms with Crippen LogP contribution >= 0.6 is 0 Å². The number of ether oxygens (including phenoxy) is 2. The van der Waals surface area contributed by atoms with Crippen LogP contribution in [0.4, 0.5) is 5.95 Å². The lowest BCUT2D eigenvalue weighted by Crippen LogP contribution is -2.42. The summed E-state index contributed by atoms with van der Waals surface area (Å²) >= 11 is 0. The molecule has 2 rings (SSSR count). The first-order valence-electron chi connectivity index (χ1n) is 6.61. The molecular formula is C13H21N3O3. The lowest BCUT2D eigenvalue weighted by atomic mass is 9.94. The highest BCUT2D eigenvalue weighted by atomic mass is 16.5. The van der Waals surface area contributed by atoms with Crippen LogP contribution in [0.3, 0.4) is 0 Å². The molecule has 0 bridgehead atoms. The van der Waals surface area contributed by atoms with E-state index in [0.717, 1.165) is 0 Å². The summed E-state index contributed by atoms with van der Waals surface area (Å²) in [6, 6.07) is 1.72. The van der Waals surface area contributed by atoms with E-state index in [-0.39, 0.29) is 6.10 Å². The molecule has 2 N–H and O–H groups in total. The van der Waals surface area contributed by atoms with Gasteiger partial charge in [-0.1, -0.05) is 0 Å². The second-order valence-corrected chi connectivity index (χ2v) is 5.08. The lowest BCUT2D eigenvalue weighted by molar-refractivity contribution is -0.0544. The molecule has 1 aromatic rings. The van der Waals surface area contributed by atoms with E-state index in [1.165, 1.54) is 0 Å². The number of aromatic nitrogens is 2. The predicted octanol–water partition coefficient (Wildman–Crippen LogP) is 1.22. The van der Waals surface area contributed by atoms with Gasteiger partial charge in [-0.3, -0.25) is 0 Å². The van der Waals surface area contributed by atoms with Crippen molar-refractivity contribution in [2.45, 2.75) is 38.4 Å². The van der Waals surface area contributed by atoms with Crippen LogP contribution in [0.1, 0.15) is 26.7 Å². The van der Waals surface area contributed by atoms with Gasteiger partial charge in [0.1, 0.15) is 0 Å². The smallest absolute Gasteiger partial charge is 0.226 e. The van der Waals surface area contributed by atoms with Crippen molar-refractivity contribution < 1.29 is 14.6 Å². The van der Waals surface area contributed by atoms with Gasteiger partial charge >= 0.3 is 0 Å².